The van der Waals surface area contributed by atoms with Crippen molar-refractivity contribution >= 4 is 29.2 Å². The summed E-state index contributed by atoms with van der Waals surface area (Å²) in [6.07, 6.45) is 1.54. The van der Waals surface area contributed by atoms with Gasteiger partial charge in [-0.25, -0.2) is 4.79 Å². The fourth-order valence-electron chi connectivity index (χ4n) is 2.09. The van der Waals surface area contributed by atoms with Crippen molar-refractivity contribution < 1.29 is 19.4 Å². The van der Waals surface area contributed by atoms with Crippen LogP contribution in [0, 0.1) is 0 Å². The van der Waals surface area contributed by atoms with Crippen molar-refractivity contribution in [3.8, 4) is 11.5 Å². The van der Waals surface area contributed by atoms with Gasteiger partial charge in [0.2, 0.25) is 0 Å². The van der Waals surface area contributed by atoms with Gasteiger partial charge in [0.05, 0.1) is 19.8 Å². The second-order valence-corrected chi connectivity index (χ2v) is 4.89. The highest BCUT2D eigenvalue weighted by molar-refractivity contribution is 6.31. The number of hydrogen-bond donors (Lipinski definition) is 1. The first-order valence-electron chi connectivity index (χ1n) is 6.48. The molecule has 0 saturated carbocycles. The van der Waals surface area contributed by atoms with Crippen molar-refractivity contribution in [3.63, 3.8) is 0 Å². The molecule has 1 N–H and O–H groups in total. The van der Waals surface area contributed by atoms with Crippen LogP contribution < -0.4 is 9.47 Å². The van der Waals surface area contributed by atoms with Crippen LogP contribution in [-0.2, 0) is 4.79 Å². The SMILES string of the molecule is COc1ccccc1/C=C(\C(=O)O)c1cc(Cl)ccc1OC. The van der Waals surface area contributed by atoms with Crippen molar-refractivity contribution in [1.82, 2.24) is 0 Å². The smallest absolute Gasteiger partial charge is 0.336 e. The van der Waals surface area contributed by atoms with Crippen molar-refractivity contribution in [2.75, 3.05) is 14.2 Å². The lowest BCUT2D eigenvalue weighted by Crippen LogP contribution is -2.02. The average Bonchev–Trinajstić information content (AvgIpc) is 2.52. The number of carbonyl (C=O) groups is 1. The van der Waals surface area contributed by atoms with E-state index in [2.05, 4.69) is 0 Å². The summed E-state index contributed by atoms with van der Waals surface area (Å²) in [4.78, 5) is 11.7. The Morgan fingerprint density at radius 3 is 2.41 bits per heavy atom. The van der Waals surface area contributed by atoms with Gasteiger partial charge in [-0.1, -0.05) is 29.8 Å². The fourth-order valence-corrected chi connectivity index (χ4v) is 2.26. The molecule has 114 valence electrons. The van der Waals surface area contributed by atoms with Gasteiger partial charge in [-0.15, -0.1) is 0 Å². The maximum absolute atomic E-state index is 11.7. The minimum atomic E-state index is -1.08. The molecule has 0 saturated heterocycles. The van der Waals surface area contributed by atoms with Gasteiger partial charge in [-0.05, 0) is 30.3 Å². The first-order chi connectivity index (χ1) is 10.6. The molecule has 0 aliphatic rings. The summed E-state index contributed by atoms with van der Waals surface area (Å²) in [5.74, 6) is -0.0540. The largest absolute Gasteiger partial charge is 0.496 e. The number of para-hydroxylation sites is 1. The molecule has 0 bridgehead atoms. The molecule has 2 aromatic rings. The quantitative estimate of drug-likeness (QED) is 0.669. The molecule has 0 spiro atoms. The zero-order valence-electron chi connectivity index (χ0n) is 12.2. The molecule has 0 aromatic heterocycles. The Labute approximate surface area is 133 Å². The first-order valence-corrected chi connectivity index (χ1v) is 6.86. The predicted octanol–water partition coefficient (Wildman–Crippen LogP) is 3.98. The Balaban J connectivity index is 2.63. The second kappa shape index (κ2) is 7.00. The minimum Gasteiger partial charge on any atom is -0.496 e. The number of halogens is 1. The van der Waals surface area contributed by atoms with Crippen LogP contribution in [0.25, 0.3) is 11.6 Å². The van der Waals surface area contributed by atoms with Crippen molar-refractivity contribution in [2.45, 2.75) is 0 Å². The van der Waals surface area contributed by atoms with Crippen LogP contribution in [-0.4, -0.2) is 25.3 Å². The van der Waals surface area contributed by atoms with Crippen molar-refractivity contribution in [2.24, 2.45) is 0 Å². The van der Waals surface area contributed by atoms with Crippen LogP contribution in [0.2, 0.25) is 5.02 Å². The third-order valence-corrected chi connectivity index (χ3v) is 3.36. The molecule has 22 heavy (non-hydrogen) atoms. The molecule has 0 unspecified atom stereocenters. The number of ether oxygens (including phenoxy) is 2. The van der Waals surface area contributed by atoms with Gasteiger partial charge < -0.3 is 14.6 Å². The molecule has 4 nitrogen and oxygen atoms in total. The van der Waals surface area contributed by atoms with E-state index in [1.807, 2.05) is 12.1 Å². The van der Waals surface area contributed by atoms with Gasteiger partial charge in [-0.2, -0.15) is 0 Å². The van der Waals surface area contributed by atoms with Gasteiger partial charge >= 0.3 is 5.97 Å². The fraction of sp³-hybridized carbons (Fsp3) is 0.118. The van der Waals surface area contributed by atoms with Gasteiger partial charge in [-0.3, -0.25) is 0 Å². The van der Waals surface area contributed by atoms with E-state index in [0.717, 1.165) is 0 Å². The van der Waals surface area contributed by atoms with E-state index in [1.165, 1.54) is 20.3 Å². The zero-order chi connectivity index (χ0) is 16.1. The molecule has 0 fully saturated rings. The van der Waals surface area contributed by atoms with Gasteiger partial charge in [0, 0.05) is 16.1 Å². The molecule has 0 heterocycles. The average molecular weight is 319 g/mol. The number of carboxylic acids is 1. The van der Waals surface area contributed by atoms with E-state index < -0.39 is 5.97 Å². The molecule has 0 aliphatic heterocycles. The third-order valence-electron chi connectivity index (χ3n) is 3.12. The molecule has 0 amide bonds. The Hall–Kier alpha value is -2.46. The van der Waals surface area contributed by atoms with E-state index in [0.29, 0.717) is 27.6 Å². The molecule has 2 rings (SSSR count). The Kier molecular flexibility index (Phi) is 5.07. The van der Waals surface area contributed by atoms with Gasteiger partial charge in [0.25, 0.3) is 0 Å². The number of methoxy groups -OCH3 is 2. The molecule has 0 aliphatic carbocycles. The Morgan fingerprint density at radius 2 is 1.77 bits per heavy atom. The summed E-state index contributed by atoms with van der Waals surface area (Å²) in [7, 11) is 3.02. The normalized spacial score (nSPS) is 11.1. The van der Waals surface area contributed by atoms with E-state index in [-0.39, 0.29) is 5.57 Å². The number of rotatable bonds is 5. The summed E-state index contributed by atoms with van der Waals surface area (Å²) in [5.41, 5.74) is 1.14. The van der Waals surface area contributed by atoms with Crippen LogP contribution in [0.4, 0.5) is 0 Å². The predicted molar refractivity (Wildman–Crippen MR) is 86.5 cm³/mol. The van der Waals surface area contributed by atoms with E-state index in [9.17, 15) is 9.90 Å². The molecule has 0 radical (unpaired) electrons. The summed E-state index contributed by atoms with van der Waals surface area (Å²) in [5, 5.41) is 9.99. The van der Waals surface area contributed by atoms with E-state index in [4.69, 9.17) is 21.1 Å². The molecule has 5 heteroatoms. The van der Waals surface area contributed by atoms with Crippen LogP contribution in [0.1, 0.15) is 11.1 Å². The van der Waals surface area contributed by atoms with Gasteiger partial charge in [0.15, 0.2) is 0 Å². The van der Waals surface area contributed by atoms with Crippen LogP contribution in [0.5, 0.6) is 11.5 Å². The standard InChI is InChI=1S/C17H15ClO4/c1-21-15-6-4-3-5-11(15)9-14(17(19)20)13-10-12(18)7-8-16(13)22-2/h3-10H,1-2H3,(H,19,20)/b14-9-. The highest BCUT2D eigenvalue weighted by Gasteiger charge is 2.17. The highest BCUT2D eigenvalue weighted by Crippen LogP contribution is 2.32. The molecule has 2 aromatic carbocycles. The first kappa shape index (κ1) is 15.9. The third kappa shape index (κ3) is 3.40. The summed E-state index contributed by atoms with van der Waals surface area (Å²) < 4.78 is 10.5. The maximum atomic E-state index is 11.7. The summed E-state index contributed by atoms with van der Waals surface area (Å²) >= 11 is 5.98. The van der Waals surface area contributed by atoms with Crippen molar-refractivity contribution in [3.05, 3.63) is 58.6 Å². The number of carboxylic acid groups (broad SMARTS) is 1. The lowest BCUT2D eigenvalue weighted by Gasteiger charge is -2.11. The maximum Gasteiger partial charge on any atom is 0.336 e. The zero-order valence-corrected chi connectivity index (χ0v) is 12.9. The number of benzene rings is 2. The van der Waals surface area contributed by atoms with Crippen LogP contribution in [0.3, 0.4) is 0 Å². The topological polar surface area (TPSA) is 55.8 Å². The number of hydrogen-bond acceptors (Lipinski definition) is 3. The summed E-state index contributed by atoms with van der Waals surface area (Å²) in [6.45, 7) is 0. The highest BCUT2D eigenvalue weighted by atomic mass is 35.5. The number of aliphatic carboxylic acids is 1. The van der Waals surface area contributed by atoms with Crippen LogP contribution in [0.15, 0.2) is 42.5 Å². The molecule has 0 atom stereocenters. The van der Waals surface area contributed by atoms with Crippen LogP contribution >= 0.6 is 11.6 Å². The van der Waals surface area contributed by atoms with Gasteiger partial charge in [0.1, 0.15) is 11.5 Å². The monoisotopic (exact) mass is 318 g/mol. The summed E-state index contributed by atoms with van der Waals surface area (Å²) in [6, 6.07) is 12.0. The molecular weight excluding hydrogens is 304 g/mol. The van der Waals surface area contributed by atoms with E-state index in [1.54, 1.807) is 30.3 Å². The van der Waals surface area contributed by atoms with Crippen molar-refractivity contribution in [1.29, 1.82) is 0 Å². The Morgan fingerprint density at radius 1 is 1.09 bits per heavy atom. The lowest BCUT2D eigenvalue weighted by atomic mass is 10.0. The Bertz CT molecular complexity index is 722. The molecular formula is C17H15ClO4. The lowest BCUT2D eigenvalue weighted by molar-refractivity contribution is -0.130. The second-order valence-electron chi connectivity index (χ2n) is 4.45. The minimum absolute atomic E-state index is 0.0730. The van der Waals surface area contributed by atoms with E-state index >= 15 is 0 Å².